The highest BCUT2D eigenvalue weighted by atomic mass is 16.3. The quantitative estimate of drug-likeness (QED) is 0.162. The third kappa shape index (κ3) is 6.00. The van der Waals surface area contributed by atoms with Crippen LogP contribution < -0.4 is 4.90 Å². The van der Waals surface area contributed by atoms with Crippen LogP contribution in [0.1, 0.15) is 0 Å². The summed E-state index contributed by atoms with van der Waals surface area (Å²) in [6, 6.07) is 80.7. The molecule has 0 aliphatic heterocycles. The second-order valence-corrected chi connectivity index (χ2v) is 14.9. The second-order valence-electron chi connectivity index (χ2n) is 14.9. The maximum Gasteiger partial charge on any atom is 0.136 e. The largest absolute Gasteiger partial charge is 0.456 e. The number of para-hydroxylation sites is 2. The van der Waals surface area contributed by atoms with E-state index in [1.807, 2.05) is 6.07 Å². The van der Waals surface area contributed by atoms with E-state index in [9.17, 15) is 0 Å². The number of rotatable bonds is 7. The molecule has 0 saturated heterocycles. The number of anilines is 3. The van der Waals surface area contributed by atoms with Crippen molar-refractivity contribution >= 4 is 60.5 Å². The Balaban J connectivity index is 1.05. The van der Waals surface area contributed by atoms with E-state index in [1.54, 1.807) is 0 Å². The van der Waals surface area contributed by atoms with Crippen LogP contribution in [0.3, 0.4) is 0 Å². The molecule has 11 aromatic rings. The van der Waals surface area contributed by atoms with Gasteiger partial charge in [-0.1, -0.05) is 158 Å². The molecule has 1 aromatic heterocycles. The minimum absolute atomic E-state index is 0.899. The van der Waals surface area contributed by atoms with Crippen LogP contribution in [0.15, 0.2) is 229 Å². The van der Waals surface area contributed by atoms with Gasteiger partial charge in [0, 0.05) is 27.8 Å². The summed E-state index contributed by atoms with van der Waals surface area (Å²) in [6.07, 6.45) is 0. The van der Waals surface area contributed by atoms with E-state index in [-0.39, 0.29) is 0 Å². The lowest BCUT2D eigenvalue weighted by molar-refractivity contribution is 0.669. The maximum atomic E-state index is 6.55. The minimum atomic E-state index is 0.899. The highest BCUT2D eigenvalue weighted by Crippen LogP contribution is 2.44. The average molecular weight is 740 g/mol. The Morgan fingerprint density at radius 2 is 0.845 bits per heavy atom. The molecule has 0 aliphatic rings. The van der Waals surface area contributed by atoms with Crippen molar-refractivity contribution in [2.24, 2.45) is 0 Å². The summed E-state index contributed by atoms with van der Waals surface area (Å²) in [5.74, 6) is 0. The molecule has 2 nitrogen and oxygen atoms in total. The highest BCUT2D eigenvalue weighted by Gasteiger charge is 2.18. The lowest BCUT2D eigenvalue weighted by atomic mass is 9.91. The zero-order valence-corrected chi connectivity index (χ0v) is 31.7. The Kier molecular flexibility index (Phi) is 8.19. The third-order valence-electron chi connectivity index (χ3n) is 11.4. The molecule has 11 rings (SSSR count). The van der Waals surface area contributed by atoms with Gasteiger partial charge in [-0.25, -0.2) is 0 Å². The zero-order chi connectivity index (χ0) is 38.4. The van der Waals surface area contributed by atoms with E-state index >= 15 is 0 Å². The first-order valence-electron chi connectivity index (χ1n) is 19.8. The van der Waals surface area contributed by atoms with Crippen LogP contribution in [0.2, 0.25) is 0 Å². The predicted molar refractivity (Wildman–Crippen MR) is 245 cm³/mol. The molecule has 0 saturated carbocycles. The first kappa shape index (κ1) is 33.6. The van der Waals surface area contributed by atoms with Gasteiger partial charge >= 0.3 is 0 Å². The van der Waals surface area contributed by atoms with Crippen LogP contribution in [-0.4, -0.2) is 0 Å². The summed E-state index contributed by atoms with van der Waals surface area (Å²) in [7, 11) is 0. The van der Waals surface area contributed by atoms with Crippen molar-refractivity contribution in [2.45, 2.75) is 0 Å². The molecule has 0 N–H and O–H groups in total. The number of nitrogens with zero attached hydrogens (tertiary/aromatic N) is 1. The first-order chi connectivity index (χ1) is 28.7. The van der Waals surface area contributed by atoms with E-state index in [2.05, 4.69) is 223 Å². The number of hydrogen-bond acceptors (Lipinski definition) is 2. The van der Waals surface area contributed by atoms with Crippen LogP contribution in [0.5, 0.6) is 0 Å². The fourth-order valence-electron chi connectivity index (χ4n) is 8.58. The Hall–Kier alpha value is -7.68. The maximum absolute atomic E-state index is 6.55. The second kappa shape index (κ2) is 14.1. The topological polar surface area (TPSA) is 16.4 Å². The fourth-order valence-corrected chi connectivity index (χ4v) is 8.58. The van der Waals surface area contributed by atoms with Crippen LogP contribution in [-0.2, 0) is 0 Å². The number of hydrogen-bond donors (Lipinski definition) is 0. The van der Waals surface area contributed by atoms with Crippen molar-refractivity contribution < 1.29 is 4.42 Å². The van der Waals surface area contributed by atoms with E-state index < -0.39 is 0 Å². The lowest BCUT2D eigenvalue weighted by Crippen LogP contribution is -2.10. The molecule has 58 heavy (non-hydrogen) atoms. The number of fused-ring (bicyclic) bond motifs is 6. The van der Waals surface area contributed by atoms with Crippen molar-refractivity contribution in [3.05, 3.63) is 224 Å². The molecule has 2 heteroatoms. The van der Waals surface area contributed by atoms with E-state index in [1.165, 1.54) is 54.9 Å². The fraction of sp³-hybridized carbons (Fsp3) is 0. The molecule has 0 spiro atoms. The van der Waals surface area contributed by atoms with Gasteiger partial charge in [-0.3, -0.25) is 0 Å². The first-order valence-corrected chi connectivity index (χ1v) is 19.8. The lowest BCUT2D eigenvalue weighted by Gasteiger charge is -2.27. The van der Waals surface area contributed by atoms with E-state index in [4.69, 9.17) is 4.42 Å². The van der Waals surface area contributed by atoms with Gasteiger partial charge in [0.2, 0.25) is 0 Å². The van der Waals surface area contributed by atoms with Crippen LogP contribution in [0.4, 0.5) is 17.1 Å². The summed E-state index contributed by atoms with van der Waals surface area (Å²) in [5.41, 5.74) is 14.4. The van der Waals surface area contributed by atoms with Gasteiger partial charge in [-0.15, -0.1) is 0 Å². The SMILES string of the molecule is c1ccc(-c2cc(-c3ccccc3)cc(N(c3ccccc3)c3ccc(-c4ccc5c(-c6ccc7ccccc7c6)cc6oc7ccccc7c6c5c4)cc3)c2)cc1. The van der Waals surface area contributed by atoms with Crippen molar-refractivity contribution in [3.8, 4) is 44.5 Å². The Morgan fingerprint density at radius 3 is 1.57 bits per heavy atom. The molecule has 0 amide bonds. The van der Waals surface area contributed by atoms with Gasteiger partial charge in [0.05, 0.1) is 0 Å². The van der Waals surface area contributed by atoms with Crippen LogP contribution >= 0.6 is 0 Å². The Labute approximate surface area is 337 Å². The van der Waals surface area contributed by atoms with Gasteiger partial charge in [0.1, 0.15) is 11.2 Å². The van der Waals surface area contributed by atoms with Crippen molar-refractivity contribution in [3.63, 3.8) is 0 Å². The average Bonchev–Trinajstić information content (AvgIpc) is 3.68. The molecule has 0 aliphatic carbocycles. The Morgan fingerprint density at radius 1 is 0.276 bits per heavy atom. The minimum Gasteiger partial charge on any atom is -0.456 e. The van der Waals surface area contributed by atoms with E-state index in [0.29, 0.717) is 0 Å². The monoisotopic (exact) mass is 739 g/mol. The van der Waals surface area contributed by atoms with E-state index in [0.717, 1.165) is 50.1 Å². The highest BCUT2D eigenvalue weighted by molar-refractivity contribution is 6.22. The van der Waals surface area contributed by atoms with Crippen LogP contribution in [0, 0.1) is 0 Å². The van der Waals surface area contributed by atoms with Gasteiger partial charge in [-0.05, 0) is 133 Å². The van der Waals surface area contributed by atoms with Gasteiger partial charge < -0.3 is 9.32 Å². The van der Waals surface area contributed by atoms with Gasteiger partial charge in [0.25, 0.3) is 0 Å². The Bertz CT molecular complexity index is 3200. The number of furan rings is 1. The molecular formula is C56H37NO. The van der Waals surface area contributed by atoms with Crippen LogP contribution in [0.25, 0.3) is 88.0 Å². The predicted octanol–water partition coefficient (Wildman–Crippen LogP) is 16.0. The zero-order valence-electron chi connectivity index (χ0n) is 31.7. The van der Waals surface area contributed by atoms with Crippen molar-refractivity contribution in [1.82, 2.24) is 0 Å². The van der Waals surface area contributed by atoms with Crippen molar-refractivity contribution in [1.29, 1.82) is 0 Å². The standard InChI is InChI=1S/C56H37NO/c1-4-14-38(15-5-1)45-33-46(39-16-6-2-7-17-39)35-49(34-45)57(47-20-8-3-9-21-47)48-29-26-41(27-30-48)43-28-31-50-52(44-25-24-40-18-10-11-19-42(40)32-44)37-55-56(53(50)36-43)51-22-12-13-23-54(51)58-55/h1-37H. The third-order valence-corrected chi connectivity index (χ3v) is 11.4. The summed E-state index contributed by atoms with van der Waals surface area (Å²) in [5, 5.41) is 7.13. The van der Waals surface area contributed by atoms with Gasteiger partial charge in [0.15, 0.2) is 0 Å². The summed E-state index contributed by atoms with van der Waals surface area (Å²) < 4.78 is 6.55. The molecular weight excluding hydrogens is 703 g/mol. The molecule has 10 aromatic carbocycles. The molecule has 0 fully saturated rings. The molecule has 0 atom stereocenters. The number of benzene rings is 10. The molecule has 0 unspecified atom stereocenters. The molecule has 0 radical (unpaired) electrons. The normalized spacial score (nSPS) is 11.4. The summed E-state index contributed by atoms with van der Waals surface area (Å²) in [6.45, 7) is 0. The summed E-state index contributed by atoms with van der Waals surface area (Å²) in [4.78, 5) is 2.36. The summed E-state index contributed by atoms with van der Waals surface area (Å²) >= 11 is 0. The van der Waals surface area contributed by atoms with Gasteiger partial charge in [-0.2, -0.15) is 0 Å². The van der Waals surface area contributed by atoms with Crippen molar-refractivity contribution in [2.75, 3.05) is 4.90 Å². The molecule has 0 bridgehead atoms. The molecule has 1 heterocycles. The smallest absolute Gasteiger partial charge is 0.136 e. The molecule has 272 valence electrons.